The molecule has 0 radical (unpaired) electrons. The number of piperidine rings is 1. The van der Waals surface area contributed by atoms with Crippen molar-refractivity contribution in [2.24, 2.45) is 5.92 Å². The van der Waals surface area contributed by atoms with Gasteiger partial charge in [0, 0.05) is 13.1 Å². The number of hydrogen-bond acceptors (Lipinski definition) is 3. The monoisotopic (exact) mass is 386 g/mol. The molecule has 1 aliphatic heterocycles. The van der Waals surface area contributed by atoms with Crippen LogP contribution < -0.4 is 4.72 Å². The number of nitrogens with one attached hydrogen (secondary N) is 1. The molecule has 1 N–H and O–H groups in total. The zero-order valence-corrected chi connectivity index (χ0v) is 16.9. The highest BCUT2D eigenvalue weighted by molar-refractivity contribution is 7.88. The molecule has 2 aromatic carbocycles. The highest BCUT2D eigenvalue weighted by atomic mass is 32.2. The SMILES string of the molecule is Cc1ccccc1CS(=O)(=O)NCC1CCN(CCc2ccccc2)CC1. The predicted molar refractivity (Wildman–Crippen MR) is 111 cm³/mol. The Morgan fingerprint density at radius 2 is 1.67 bits per heavy atom. The number of sulfonamides is 1. The minimum Gasteiger partial charge on any atom is -0.303 e. The molecule has 0 atom stereocenters. The Morgan fingerprint density at radius 1 is 1.00 bits per heavy atom. The molecule has 3 rings (SSSR count). The van der Waals surface area contributed by atoms with Crippen LogP contribution in [0.5, 0.6) is 0 Å². The van der Waals surface area contributed by atoms with Crippen LogP contribution in [0.1, 0.15) is 29.5 Å². The third-order valence-corrected chi connectivity index (χ3v) is 6.76. The van der Waals surface area contributed by atoms with Gasteiger partial charge in [-0.25, -0.2) is 13.1 Å². The number of benzene rings is 2. The lowest BCUT2D eigenvalue weighted by atomic mass is 9.97. The van der Waals surface area contributed by atoms with Gasteiger partial charge in [0.1, 0.15) is 0 Å². The molecule has 0 aliphatic carbocycles. The van der Waals surface area contributed by atoms with Gasteiger partial charge in [0.05, 0.1) is 5.75 Å². The number of aryl methyl sites for hydroxylation is 1. The van der Waals surface area contributed by atoms with Crippen molar-refractivity contribution in [3.63, 3.8) is 0 Å². The zero-order valence-electron chi connectivity index (χ0n) is 16.1. The number of rotatable bonds is 8. The second kappa shape index (κ2) is 9.49. The van der Waals surface area contributed by atoms with Crippen molar-refractivity contribution in [1.29, 1.82) is 0 Å². The third-order valence-electron chi connectivity index (χ3n) is 5.47. The van der Waals surface area contributed by atoms with Gasteiger partial charge in [-0.15, -0.1) is 0 Å². The maximum absolute atomic E-state index is 12.4. The molecular weight excluding hydrogens is 356 g/mol. The quantitative estimate of drug-likeness (QED) is 0.757. The molecular formula is C22H30N2O2S. The van der Waals surface area contributed by atoms with Gasteiger partial charge in [0.2, 0.25) is 10.0 Å². The largest absolute Gasteiger partial charge is 0.303 e. The van der Waals surface area contributed by atoms with E-state index < -0.39 is 10.0 Å². The van der Waals surface area contributed by atoms with Crippen LogP contribution in [0.25, 0.3) is 0 Å². The van der Waals surface area contributed by atoms with Crippen molar-refractivity contribution in [3.8, 4) is 0 Å². The van der Waals surface area contributed by atoms with E-state index in [-0.39, 0.29) is 5.75 Å². The second-order valence-electron chi connectivity index (χ2n) is 7.55. The topological polar surface area (TPSA) is 49.4 Å². The molecule has 1 aliphatic rings. The first kappa shape index (κ1) is 20.1. The summed E-state index contributed by atoms with van der Waals surface area (Å²) in [5.74, 6) is 0.500. The second-order valence-corrected chi connectivity index (χ2v) is 9.36. The van der Waals surface area contributed by atoms with E-state index >= 15 is 0 Å². The average Bonchev–Trinajstić information content (AvgIpc) is 2.68. The molecule has 0 unspecified atom stereocenters. The van der Waals surface area contributed by atoms with Gasteiger partial charge in [-0.2, -0.15) is 0 Å². The van der Waals surface area contributed by atoms with Crippen LogP contribution in [0.15, 0.2) is 54.6 Å². The van der Waals surface area contributed by atoms with E-state index in [2.05, 4.69) is 40.0 Å². The van der Waals surface area contributed by atoms with Gasteiger partial charge in [0.15, 0.2) is 0 Å². The molecule has 0 saturated carbocycles. The molecule has 1 saturated heterocycles. The normalized spacial score (nSPS) is 16.5. The predicted octanol–water partition coefficient (Wildman–Crippen LogP) is 3.37. The van der Waals surface area contributed by atoms with Gasteiger partial charge >= 0.3 is 0 Å². The fourth-order valence-electron chi connectivity index (χ4n) is 3.62. The average molecular weight is 387 g/mol. The maximum Gasteiger partial charge on any atom is 0.215 e. The first-order chi connectivity index (χ1) is 13.0. The summed E-state index contributed by atoms with van der Waals surface area (Å²) in [6, 6.07) is 18.2. The van der Waals surface area contributed by atoms with Crippen molar-refractivity contribution in [2.45, 2.75) is 31.9 Å². The smallest absolute Gasteiger partial charge is 0.215 e. The Morgan fingerprint density at radius 3 is 2.37 bits per heavy atom. The van der Waals surface area contributed by atoms with E-state index in [1.165, 1.54) is 5.56 Å². The Hall–Kier alpha value is -1.69. The first-order valence-electron chi connectivity index (χ1n) is 9.80. The van der Waals surface area contributed by atoms with Crippen molar-refractivity contribution >= 4 is 10.0 Å². The molecule has 2 aromatic rings. The fourth-order valence-corrected chi connectivity index (χ4v) is 4.94. The molecule has 4 nitrogen and oxygen atoms in total. The van der Waals surface area contributed by atoms with Gasteiger partial charge in [0.25, 0.3) is 0 Å². The first-order valence-corrected chi connectivity index (χ1v) is 11.5. The summed E-state index contributed by atoms with van der Waals surface area (Å²) < 4.78 is 27.6. The summed E-state index contributed by atoms with van der Waals surface area (Å²) in [5, 5.41) is 0. The van der Waals surface area contributed by atoms with Crippen molar-refractivity contribution < 1.29 is 8.42 Å². The standard InChI is InChI=1S/C22H30N2O2S/c1-19-7-5-6-10-22(19)18-27(25,26)23-17-21-12-15-24(16-13-21)14-11-20-8-3-2-4-9-20/h2-10,21,23H,11-18H2,1H3. The summed E-state index contributed by atoms with van der Waals surface area (Å²) in [5.41, 5.74) is 3.28. The van der Waals surface area contributed by atoms with E-state index in [1.807, 2.05) is 31.2 Å². The van der Waals surface area contributed by atoms with Crippen LogP contribution in [-0.2, 0) is 22.2 Å². The summed E-state index contributed by atoms with van der Waals surface area (Å²) in [7, 11) is -3.28. The Kier molecular flexibility index (Phi) is 7.05. The lowest BCUT2D eigenvalue weighted by molar-refractivity contribution is 0.187. The summed E-state index contributed by atoms with van der Waals surface area (Å²) in [6.45, 7) is 5.69. The highest BCUT2D eigenvalue weighted by Crippen LogP contribution is 2.18. The van der Waals surface area contributed by atoms with Crippen LogP contribution >= 0.6 is 0 Å². The minimum absolute atomic E-state index is 0.0651. The minimum atomic E-state index is -3.28. The van der Waals surface area contributed by atoms with Gasteiger partial charge < -0.3 is 4.90 Å². The highest BCUT2D eigenvalue weighted by Gasteiger charge is 2.21. The Bertz CT molecular complexity index is 813. The van der Waals surface area contributed by atoms with Gasteiger partial charge in [-0.3, -0.25) is 0 Å². The number of likely N-dealkylation sites (tertiary alicyclic amines) is 1. The Balaban J connectivity index is 1.39. The van der Waals surface area contributed by atoms with Gasteiger partial charge in [-0.1, -0.05) is 54.6 Å². The van der Waals surface area contributed by atoms with Crippen molar-refractivity contribution in [2.75, 3.05) is 26.2 Å². The third kappa shape index (κ3) is 6.45. The molecule has 0 aromatic heterocycles. The summed E-state index contributed by atoms with van der Waals surface area (Å²) in [6.07, 6.45) is 3.19. The van der Waals surface area contributed by atoms with E-state index in [0.717, 1.165) is 50.0 Å². The Labute approximate surface area is 163 Å². The molecule has 0 bridgehead atoms. The van der Waals surface area contributed by atoms with E-state index in [1.54, 1.807) is 0 Å². The van der Waals surface area contributed by atoms with Crippen LogP contribution in [0.4, 0.5) is 0 Å². The van der Waals surface area contributed by atoms with E-state index in [4.69, 9.17) is 0 Å². The van der Waals surface area contributed by atoms with Crippen molar-refractivity contribution in [3.05, 3.63) is 71.3 Å². The molecule has 1 heterocycles. The van der Waals surface area contributed by atoms with E-state index in [0.29, 0.717) is 12.5 Å². The lowest BCUT2D eigenvalue weighted by Gasteiger charge is -2.32. The van der Waals surface area contributed by atoms with Crippen LogP contribution in [-0.4, -0.2) is 39.5 Å². The molecule has 27 heavy (non-hydrogen) atoms. The zero-order chi connectivity index (χ0) is 19.1. The van der Waals surface area contributed by atoms with Crippen LogP contribution in [0.3, 0.4) is 0 Å². The maximum atomic E-state index is 12.4. The number of nitrogens with zero attached hydrogens (tertiary/aromatic N) is 1. The van der Waals surface area contributed by atoms with Gasteiger partial charge in [-0.05, 0) is 61.9 Å². The summed E-state index contributed by atoms with van der Waals surface area (Å²) >= 11 is 0. The fraction of sp³-hybridized carbons (Fsp3) is 0.455. The molecule has 0 spiro atoms. The molecule has 146 valence electrons. The lowest BCUT2D eigenvalue weighted by Crippen LogP contribution is -2.39. The van der Waals surface area contributed by atoms with Crippen molar-refractivity contribution in [1.82, 2.24) is 9.62 Å². The van der Waals surface area contributed by atoms with Crippen LogP contribution in [0.2, 0.25) is 0 Å². The molecule has 5 heteroatoms. The molecule has 1 fully saturated rings. The number of hydrogen-bond donors (Lipinski definition) is 1. The molecule has 0 amide bonds. The van der Waals surface area contributed by atoms with E-state index in [9.17, 15) is 8.42 Å². The van der Waals surface area contributed by atoms with Crippen LogP contribution in [0, 0.1) is 12.8 Å². The summed E-state index contributed by atoms with van der Waals surface area (Å²) in [4.78, 5) is 2.49.